The Morgan fingerprint density at radius 3 is 2.86 bits per heavy atom. The Labute approximate surface area is 169 Å². The first-order valence-corrected chi connectivity index (χ1v) is 10.3. The summed E-state index contributed by atoms with van der Waals surface area (Å²) in [6.45, 7) is 2.98. The van der Waals surface area contributed by atoms with Gasteiger partial charge in [0, 0.05) is 15.9 Å². The van der Waals surface area contributed by atoms with Crippen molar-refractivity contribution < 1.29 is 14.3 Å². The number of oxazole rings is 1. The molecule has 0 amide bonds. The summed E-state index contributed by atoms with van der Waals surface area (Å²) < 4.78 is 8.84. The average Bonchev–Trinajstić information content (AvgIpc) is 3.22. The standard InChI is InChI=1S/C20H20BrN3O4/c1-10-13(21)7-6-12-17(10)24(11-4-5-11)19(25)16-18(12)28-15(22-16)9-23-8-2-3-14(23)20(26)27/h6-7,11,14H,2-5,8-9H2,1H3,(H,26,27)/t14-/m0/s1. The van der Waals surface area contributed by atoms with E-state index in [2.05, 4.69) is 20.9 Å². The maximum atomic E-state index is 13.2. The number of pyridine rings is 1. The Morgan fingerprint density at radius 1 is 1.36 bits per heavy atom. The van der Waals surface area contributed by atoms with Gasteiger partial charge >= 0.3 is 5.97 Å². The molecule has 3 aromatic rings. The monoisotopic (exact) mass is 445 g/mol. The molecule has 0 radical (unpaired) electrons. The second-order valence-corrected chi connectivity index (χ2v) is 8.58. The minimum Gasteiger partial charge on any atom is -0.480 e. The number of likely N-dealkylation sites (tertiary alicyclic amines) is 1. The van der Waals surface area contributed by atoms with E-state index in [1.54, 1.807) is 0 Å². The lowest BCUT2D eigenvalue weighted by Crippen LogP contribution is -2.35. The molecule has 146 valence electrons. The molecule has 0 spiro atoms. The van der Waals surface area contributed by atoms with Crippen molar-refractivity contribution in [2.24, 2.45) is 0 Å². The Morgan fingerprint density at radius 2 is 2.14 bits per heavy atom. The molecule has 1 saturated heterocycles. The third-order valence-electron chi connectivity index (χ3n) is 5.84. The highest BCUT2D eigenvalue weighted by atomic mass is 79.9. The van der Waals surface area contributed by atoms with Crippen LogP contribution in [0.5, 0.6) is 0 Å². The number of rotatable bonds is 4. The van der Waals surface area contributed by atoms with Gasteiger partial charge in [-0.15, -0.1) is 0 Å². The average molecular weight is 446 g/mol. The molecule has 1 N–H and O–H groups in total. The first kappa shape index (κ1) is 17.9. The van der Waals surface area contributed by atoms with Crippen LogP contribution in [0.15, 0.2) is 25.8 Å². The number of halogens is 1. The molecule has 1 aliphatic carbocycles. The number of hydrogen-bond donors (Lipinski definition) is 1. The third kappa shape index (κ3) is 2.69. The van der Waals surface area contributed by atoms with Crippen molar-refractivity contribution in [2.45, 2.75) is 51.2 Å². The van der Waals surface area contributed by atoms with Gasteiger partial charge in [0.1, 0.15) is 6.04 Å². The van der Waals surface area contributed by atoms with Crippen LogP contribution in [0.1, 0.15) is 43.2 Å². The lowest BCUT2D eigenvalue weighted by Gasteiger charge is -2.18. The molecule has 2 aromatic heterocycles. The summed E-state index contributed by atoms with van der Waals surface area (Å²) in [5, 5.41) is 10.3. The molecule has 1 atom stereocenters. The summed E-state index contributed by atoms with van der Waals surface area (Å²) in [7, 11) is 0. The van der Waals surface area contributed by atoms with Crippen LogP contribution in [-0.4, -0.2) is 38.1 Å². The maximum Gasteiger partial charge on any atom is 0.320 e. The van der Waals surface area contributed by atoms with Gasteiger partial charge in [-0.25, -0.2) is 4.98 Å². The van der Waals surface area contributed by atoms with E-state index < -0.39 is 12.0 Å². The van der Waals surface area contributed by atoms with Crippen LogP contribution in [0, 0.1) is 6.92 Å². The van der Waals surface area contributed by atoms with Crippen molar-refractivity contribution >= 4 is 43.9 Å². The van der Waals surface area contributed by atoms with Crippen LogP contribution in [0.25, 0.3) is 22.0 Å². The van der Waals surface area contributed by atoms with Gasteiger partial charge in [-0.3, -0.25) is 14.5 Å². The van der Waals surface area contributed by atoms with E-state index in [1.165, 1.54) is 0 Å². The van der Waals surface area contributed by atoms with Crippen molar-refractivity contribution in [1.29, 1.82) is 0 Å². The van der Waals surface area contributed by atoms with E-state index in [1.807, 2.05) is 28.5 Å². The van der Waals surface area contributed by atoms with E-state index in [4.69, 9.17) is 4.42 Å². The van der Waals surface area contributed by atoms with Crippen LogP contribution in [0.2, 0.25) is 0 Å². The van der Waals surface area contributed by atoms with E-state index in [0.717, 1.165) is 40.2 Å². The Balaban J connectivity index is 1.68. The van der Waals surface area contributed by atoms with Crippen molar-refractivity contribution in [3.63, 3.8) is 0 Å². The van der Waals surface area contributed by atoms with E-state index in [-0.39, 0.29) is 11.6 Å². The number of nitrogens with zero attached hydrogens (tertiary/aromatic N) is 3. The molecular formula is C20H20BrN3O4. The summed E-state index contributed by atoms with van der Waals surface area (Å²) in [5.74, 6) is -0.425. The van der Waals surface area contributed by atoms with Gasteiger partial charge in [-0.05, 0) is 56.8 Å². The highest BCUT2D eigenvalue weighted by molar-refractivity contribution is 9.10. The number of aryl methyl sites for hydroxylation is 1. The summed E-state index contributed by atoms with van der Waals surface area (Å²) in [4.78, 5) is 31.0. The molecular weight excluding hydrogens is 426 g/mol. The molecule has 8 heteroatoms. The smallest absolute Gasteiger partial charge is 0.320 e. The molecule has 5 rings (SSSR count). The normalized spacial score (nSPS) is 20.4. The van der Waals surface area contributed by atoms with Gasteiger partial charge in [0.05, 0.1) is 12.1 Å². The Bertz CT molecular complexity index is 1180. The van der Waals surface area contributed by atoms with Crippen molar-refractivity contribution in [2.75, 3.05) is 6.54 Å². The van der Waals surface area contributed by atoms with Crippen LogP contribution >= 0.6 is 15.9 Å². The first-order chi connectivity index (χ1) is 13.5. The van der Waals surface area contributed by atoms with Crippen molar-refractivity contribution in [3.8, 4) is 0 Å². The molecule has 0 bridgehead atoms. The van der Waals surface area contributed by atoms with Gasteiger partial charge in [0.2, 0.25) is 5.89 Å². The van der Waals surface area contributed by atoms with Crippen LogP contribution in [0.3, 0.4) is 0 Å². The van der Waals surface area contributed by atoms with Gasteiger partial charge < -0.3 is 14.1 Å². The van der Waals surface area contributed by atoms with Crippen molar-refractivity contribution in [3.05, 3.63) is 38.4 Å². The fraction of sp³-hybridized carbons (Fsp3) is 0.450. The minimum atomic E-state index is -0.823. The lowest BCUT2D eigenvalue weighted by atomic mass is 10.1. The minimum absolute atomic E-state index is 0.127. The second-order valence-electron chi connectivity index (χ2n) is 7.73. The number of benzene rings is 1. The zero-order valence-corrected chi connectivity index (χ0v) is 17.0. The number of aliphatic carboxylic acids is 1. The summed E-state index contributed by atoms with van der Waals surface area (Å²) in [5.41, 5.74) is 2.60. The van der Waals surface area contributed by atoms with Gasteiger partial charge in [-0.2, -0.15) is 0 Å². The second kappa shape index (κ2) is 6.42. The van der Waals surface area contributed by atoms with E-state index in [9.17, 15) is 14.7 Å². The molecule has 1 aromatic carbocycles. The van der Waals surface area contributed by atoms with E-state index in [0.29, 0.717) is 36.5 Å². The molecule has 1 aliphatic heterocycles. The number of aromatic nitrogens is 2. The van der Waals surface area contributed by atoms with Crippen LogP contribution in [-0.2, 0) is 11.3 Å². The zero-order valence-electron chi connectivity index (χ0n) is 15.4. The van der Waals surface area contributed by atoms with Crippen molar-refractivity contribution in [1.82, 2.24) is 14.5 Å². The van der Waals surface area contributed by atoms with Crippen LogP contribution < -0.4 is 5.56 Å². The Hall–Kier alpha value is -2.19. The largest absolute Gasteiger partial charge is 0.480 e. The van der Waals surface area contributed by atoms with Gasteiger partial charge in [-0.1, -0.05) is 15.9 Å². The quantitative estimate of drug-likeness (QED) is 0.659. The summed E-state index contributed by atoms with van der Waals surface area (Å²) >= 11 is 3.57. The predicted molar refractivity (Wildman–Crippen MR) is 108 cm³/mol. The lowest BCUT2D eigenvalue weighted by molar-refractivity contribution is -0.142. The topological polar surface area (TPSA) is 88.6 Å². The Kier molecular flexibility index (Phi) is 4.10. The number of carbonyl (C=O) groups is 1. The number of fused-ring (bicyclic) bond motifs is 3. The van der Waals surface area contributed by atoms with Gasteiger partial charge in [0.15, 0.2) is 11.1 Å². The molecule has 1 saturated carbocycles. The fourth-order valence-corrected chi connectivity index (χ4v) is 4.61. The fourth-order valence-electron chi connectivity index (χ4n) is 4.29. The summed E-state index contributed by atoms with van der Waals surface area (Å²) in [6.07, 6.45) is 3.44. The predicted octanol–water partition coefficient (Wildman–Crippen LogP) is 3.60. The number of carboxylic acids is 1. The van der Waals surface area contributed by atoms with Gasteiger partial charge in [0.25, 0.3) is 5.56 Å². The highest BCUT2D eigenvalue weighted by Crippen LogP contribution is 2.39. The maximum absolute atomic E-state index is 13.2. The number of carboxylic acid groups (broad SMARTS) is 1. The summed E-state index contributed by atoms with van der Waals surface area (Å²) in [6, 6.07) is 3.61. The van der Waals surface area contributed by atoms with Crippen LogP contribution in [0.4, 0.5) is 0 Å². The highest BCUT2D eigenvalue weighted by Gasteiger charge is 2.33. The molecule has 2 aliphatic rings. The SMILES string of the molecule is Cc1c(Br)ccc2c3oc(CN4CCC[C@H]4C(=O)O)nc3c(=O)n(C3CC3)c12. The molecule has 7 nitrogen and oxygen atoms in total. The third-order valence-corrected chi connectivity index (χ3v) is 6.70. The number of hydrogen-bond acceptors (Lipinski definition) is 5. The molecule has 3 heterocycles. The van der Waals surface area contributed by atoms with E-state index >= 15 is 0 Å². The zero-order chi connectivity index (χ0) is 19.6. The first-order valence-electron chi connectivity index (χ1n) is 9.55. The molecule has 2 fully saturated rings. The molecule has 0 unspecified atom stereocenters. The molecule has 28 heavy (non-hydrogen) atoms.